The van der Waals surface area contributed by atoms with Crippen molar-refractivity contribution < 1.29 is 4.92 Å². The van der Waals surface area contributed by atoms with Crippen LogP contribution in [0, 0.1) is 17.0 Å². The van der Waals surface area contributed by atoms with E-state index in [0.29, 0.717) is 5.82 Å². The number of benzene rings is 1. The van der Waals surface area contributed by atoms with E-state index in [1.165, 1.54) is 11.6 Å². The van der Waals surface area contributed by atoms with E-state index in [0.717, 1.165) is 29.7 Å². The zero-order chi connectivity index (χ0) is 15.0. The molecule has 1 aliphatic carbocycles. The lowest BCUT2D eigenvalue weighted by molar-refractivity contribution is -0.384. The number of hydrogen-bond acceptors (Lipinski definition) is 5. The maximum Gasteiger partial charge on any atom is 0.311 e. The molecular formula is C15H16N4O2. The lowest BCUT2D eigenvalue weighted by Crippen LogP contribution is -2.10. The van der Waals surface area contributed by atoms with Crippen molar-refractivity contribution in [1.82, 2.24) is 4.98 Å². The van der Waals surface area contributed by atoms with E-state index in [4.69, 9.17) is 5.73 Å². The van der Waals surface area contributed by atoms with Gasteiger partial charge in [-0.25, -0.2) is 4.98 Å². The summed E-state index contributed by atoms with van der Waals surface area (Å²) in [6.45, 7) is 1.79. The predicted molar refractivity (Wildman–Crippen MR) is 81.2 cm³/mol. The second kappa shape index (κ2) is 5.05. The van der Waals surface area contributed by atoms with Crippen LogP contribution < -0.4 is 11.1 Å². The zero-order valence-electron chi connectivity index (χ0n) is 11.7. The van der Waals surface area contributed by atoms with Crippen molar-refractivity contribution >= 4 is 17.2 Å². The lowest BCUT2D eigenvalue weighted by Gasteiger charge is -2.15. The molecule has 21 heavy (non-hydrogen) atoms. The summed E-state index contributed by atoms with van der Waals surface area (Å²) in [6.07, 6.45) is 3.43. The van der Waals surface area contributed by atoms with Crippen LogP contribution in [0.25, 0.3) is 0 Å². The van der Waals surface area contributed by atoms with Gasteiger partial charge in [0.2, 0.25) is 5.82 Å². The standard InChI is InChI=1S/C15H16N4O2/c1-9-6-14(19(20)21)15(17-8-9)18-13-5-2-10-7-11(16)3-4-12(10)13/h3-4,6-8,13H,2,5,16H2,1H3,(H,17,18). The lowest BCUT2D eigenvalue weighted by atomic mass is 10.1. The fourth-order valence-corrected chi connectivity index (χ4v) is 2.76. The van der Waals surface area contributed by atoms with Gasteiger partial charge < -0.3 is 11.1 Å². The smallest absolute Gasteiger partial charge is 0.311 e. The van der Waals surface area contributed by atoms with E-state index in [1.54, 1.807) is 13.1 Å². The fraction of sp³-hybridized carbons (Fsp3) is 0.267. The summed E-state index contributed by atoms with van der Waals surface area (Å²) < 4.78 is 0. The molecule has 0 aliphatic heterocycles. The van der Waals surface area contributed by atoms with Crippen molar-refractivity contribution in [3.05, 3.63) is 57.3 Å². The van der Waals surface area contributed by atoms with Gasteiger partial charge in [-0.15, -0.1) is 0 Å². The minimum atomic E-state index is -0.402. The third-order valence-corrected chi connectivity index (χ3v) is 3.76. The van der Waals surface area contributed by atoms with Crippen molar-refractivity contribution in [1.29, 1.82) is 0 Å². The Hall–Kier alpha value is -2.63. The summed E-state index contributed by atoms with van der Waals surface area (Å²) in [5.74, 6) is 0.320. The molecule has 1 aromatic heterocycles. The molecule has 0 amide bonds. The van der Waals surface area contributed by atoms with Crippen molar-refractivity contribution in [2.75, 3.05) is 11.1 Å². The summed E-state index contributed by atoms with van der Waals surface area (Å²) in [5, 5.41) is 14.3. The highest BCUT2D eigenvalue weighted by molar-refractivity contribution is 5.59. The Morgan fingerprint density at radius 1 is 1.43 bits per heavy atom. The minimum absolute atomic E-state index is 0.0129. The molecule has 1 unspecified atom stereocenters. The number of fused-ring (bicyclic) bond motifs is 1. The number of pyridine rings is 1. The van der Waals surface area contributed by atoms with Gasteiger partial charge in [0.15, 0.2) is 0 Å². The van der Waals surface area contributed by atoms with Gasteiger partial charge in [0.1, 0.15) is 0 Å². The Labute approximate surface area is 122 Å². The van der Waals surface area contributed by atoms with Gasteiger partial charge >= 0.3 is 5.69 Å². The van der Waals surface area contributed by atoms with E-state index < -0.39 is 4.92 Å². The Balaban J connectivity index is 1.91. The number of nitrogens with one attached hydrogen (secondary N) is 1. The van der Waals surface area contributed by atoms with Crippen molar-refractivity contribution in [2.45, 2.75) is 25.8 Å². The number of nitrogens with zero attached hydrogens (tertiary/aromatic N) is 2. The third-order valence-electron chi connectivity index (χ3n) is 3.76. The first-order valence-corrected chi connectivity index (χ1v) is 6.80. The van der Waals surface area contributed by atoms with Crippen LogP contribution in [0.15, 0.2) is 30.5 Å². The molecule has 0 spiro atoms. The van der Waals surface area contributed by atoms with E-state index in [9.17, 15) is 10.1 Å². The number of aromatic nitrogens is 1. The molecule has 1 heterocycles. The van der Waals surface area contributed by atoms with Gasteiger partial charge in [0.05, 0.1) is 11.0 Å². The molecule has 1 aliphatic rings. The number of nitrogen functional groups attached to an aromatic ring is 1. The monoisotopic (exact) mass is 284 g/mol. The van der Waals surface area contributed by atoms with E-state index in [-0.39, 0.29) is 11.7 Å². The van der Waals surface area contributed by atoms with Gasteiger partial charge in [-0.05, 0) is 48.6 Å². The molecular weight excluding hydrogens is 268 g/mol. The number of nitro groups is 1. The van der Waals surface area contributed by atoms with Crippen LogP contribution in [0.5, 0.6) is 0 Å². The second-order valence-corrected chi connectivity index (χ2v) is 5.33. The summed E-state index contributed by atoms with van der Waals surface area (Å²) >= 11 is 0. The molecule has 1 atom stereocenters. The Bertz CT molecular complexity index is 715. The van der Waals surface area contributed by atoms with Gasteiger partial charge in [0, 0.05) is 18.0 Å². The molecule has 108 valence electrons. The minimum Gasteiger partial charge on any atom is -0.399 e. The molecule has 1 aromatic carbocycles. The first kappa shape index (κ1) is 13.4. The largest absolute Gasteiger partial charge is 0.399 e. The van der Waals surface area contributed by atoms with Gasteiger partial charge in [-0.1, -0.05) is 6.07 Å². The molecule has 6 heteroatoms. The highest BCUT2D eigenvalue weighted by atomic mass is 16.6. The molecule has 0 saturated carbocycles. The molecule has 6 nitrogen and oxygen atoms in total. The predicted octanol–water partition coefficient (Wildman–Crippen LogP) is 2.98. The number of hydrogen-bond donors (Lipinski definition) is 2. The first-order valence-electron chi connectivity index (χ1n) is 6.80. The highest BCUT2D eigenvalue weighted by Crippen LogP contribution is 2.36. The molecule has 0 bridgehead atoms. The second-order valence-electron chi connectivity index (χ2n) is 5.33. The number of aryl methyl sites for hydroxylation is 2. The summed E-state index contributed by atoms with van der Waals surface area (Å²) in [5.41, 5.74) is 9.65. The number of nitrogens with two attached hydrogens (primary N) is 1. The summed E-state index contributed by atoms with van der Waals surface area (Å²) in [4.78, 5) is 14.9. The average molecular weight is 284 g/mol. The van der Waals surface area contributed by atoms with Crippen LogP contribution in [0.2, 0.25) is 0 Å². The third kappa shape index (κ3) is 2.52. The van der Waals surface area contributed by atoms with Crippen LogP contribution >= 0.6 is 0 Å². The first-order chi connectivity index (χ1) is 10.0. The SMILES string of the molecule is Cc1cnc(NC2CCc3cc(N)ccc32)c([N+](=O)[O-])c1. The van der Waals surface area contributed by atoms with Crippen LogP contribution in [0.4, 0.5) is 17.2 Å². The molecule has 0 radical (unpaired) electrons. The van der Waals surface area contributed by atoms with Gasteiger partial charge in [-0.2, -0.15) is 0 Å². The van der Waals surface area contributed by atoms with Crippen molar-refractivity contribution in [3.63, 3.8) is 0 Å². The topological polar surface area (TPSA) is 94.1 Å². The van der Waals surface area contributed by atoms with Crippen molar-refractivity contribution in [3.8, 4) is 0 Å². The normalized spacial score (nSPS) is 16.5. The zero-order valence-corrected chi connectivity index (χ0v) is 11.7. The Morgan fingerprint density at radius 3 is 3.00 bits per heavy atom. The Kier molecular flexibility index (Phi) is 3.21. The summed E-state index contributed by atoms with van der Waals surface area (Å²) in [6, 6.07) is 7.38. The maximum atomic E-state index is 11.1. The van der Waals surface area contributed by atoms with Crippen LogP contribution in [-0.4, -0.2) is 9.91 Å². The summed E-state index contributed by atoms with van der Waals surface area (Å²) in [7, 11) is 0. The van der Waals surface area contributed by atoms with E-state index >= 15 is 0 Å². The molecule has 0 saturated heterocycles. The van der Waals surface area contributed by atoms with Gasteiger partial charge in [-0.3, -0.25) is 10.1 Å². The van der Waals surface area contributed by atoms with E-state index in [1.807, 2.05) is 18.2 Å². The number of rotatable bonds is 3. The molecule has 0 fully saturated rings. The molecule has 3 rings (SSSR count). The average Bonchev–Trinajstić information content (AvgIpc) is 2.82. The highest BCUT2D eigenvalue weighted by Gasteiger charge is 2.25. The number of anilines is 2. The molecule has 2 aromatic rings. The Morgan fingerprint density at radius 2 is 2.24 bits per heavy atom. The van der Waals surface area contributed by atoms with Crippen LogP contribution in [0.1, 0.15) is 29.2 Å². The molecule has 3 N–H and O–H groups in total. The fourth-order valence-electron chi connectivity index (χ4n) is 2.76. The van der Waals surface area contributed by atoms with Crippen LogP contribution in [-0.2, 0) is 6.42 Å². The quantitative estimate of drug-likeness (QED) is 0.513. The van der Waals surface area contributed by atoms with E-state index in [2.05, 4.69) is 10.3 Å². The maximum absolute atomic E-state index is 11.1. The van der Waals surface area contributed by atoms with Gasteiger partial charge in [0.25, 0.3) is 0 Å². The van der Waals surface area contributed by atoms with Crippen molar-refractivity contribution in [2.24, 2.45) is 0 Å². The van der Waals surface area contributed by atoms with Crippen LogP contribution in [0.3, 0.4) is 0 Å².